The van der Waals surface area contributed by atoms with Gasteiger partial charge in [-0.3, -0.25) is 19.8 Å². The van der Waals surface area contributed by atoms with E-state index in [1.807, 2.05) is 6.07 Å². The SMILES string of the molecule is O=C([O-])Cn1cc(/C=C2\C(=O)NC(=O)N(Cc3ccccc3)C2=O)c2ccccc21. The summed E-state index contributed by atoms with van der Waals surface area (Å²) < 4.78 is 1.47. The van der Waals surface area contributed by atoms with E-state index in [4.69, 9.17) is 0 Å². The van der Waals surface area contributed by atoms with Crippen LogP contribution in [0, 0.1) is 0 Å². The van der Waals surface area contributed by atoms with Gasteiger partial charge in [0.15, 0.2) is 0 Å². The molecule has 0 radical (unpaired) electrons. The molecule has 8 heteroatoms. The topological polar surface area (TPSA) is 112 Å². The Balaban J connectivity index is 1.73. The smallest absolute Gasteiger partial charge is 0.331 e. The molecule has 2 aromatic carbocycles. The fourth-order valence-electron chi connectivity index (χ4n) is 3.42. The first-order chi connectivity index (χ1) is 14.4. The Hall–Kier alpha value is -4.20. The maximum Gasteiger partial charge on any atom is 0.331 e. The van der Waals surface area contributed by atoms with Crippen molar-refractivity contribution < 1.29 is 24.3 Å². The Morgan fingerprint density at radius 1 is 1.00 bits per heavy atom. The van der Waals surface area contributed by atoms with Crippen molar-refractivity contribution >= 4 is 40.8 Å². The number of amides is 4. The normalized spacial score (nSPS) is 15.7. The van der Waals surface area contributed by atoms with Crippen LogP contribution in [0.1, 0.15) is 11.1 Å². The van der Waals surface area contributed by atoms with Gasteiger partial charge in [-0.15, -0.1) is 0 Å². The average Bonchev–Trinajstić information content (AvgIpc) is 3.06. The molecule has 8 nitrogen and oxygen atoms in total. The number of fused-ring (bicyclic) bond motifs is 1. The molecular formula is C22H16N3O5-. The number of barbiturate groups is 1. The molecule has 0 spiro atoms. The van der Waals surface area contributed by atoms with Crippen LogP contribution in [0.3, 0.4) is 0 Å². The van der Waals surface area contributed by atoms with E-state index in [-0.39, 0.29) is 18.7 Å². The monoisotopic (exact) mass is 402 g/mol. The predicted molar refractivity (Wildman–Crippen MR) is 105 cm³/mol. The minimum atomic E-state index is -1.26. The summed E-state index contributed by atoms with van der Waals surface area (Å²) >= 11 is 0. The number of carboxylic acids is 1. The van der Waals surface area contributed by atoms with E-state index in [0.717, 1.165) is 10.5 Å². The number of urea groups is 1. The third kappa shape index (κ3) is 3.58. The van der Waals surface area contributed by atoms with E-state index < -0.39 is 23.8 Å². The van der Waals surface area contributed by atoms with Crippen molar-refractivity contribution in [3.8, 4) is 0 Å². The fourth-order valence-corrected chi connectivity index (χ4v) is 3.42. The number of nitrogens with zero attached hydrogens (tertiary/aromatic N) is 2. The van der Waals surface area contributed by atoms with Crippen LogP contribution in [-0.2, 0) is 27.5 Å². The van der Waals surface area contributed by atoms with E-state index in [1.165, 1.54) is 16.8 Å². The predicted octanol–water partition coefficient (Wildman–Crippen LogP) is 1.05. The zero-order valence-corrected chi connectivity index (χ0v) is 15.7. The number of hydrogen-bond acceptors (Lipinski definition) is 5. The first kappa shape index (κ1) is 19.1. The lowest BCUT2D eigenvalue weighted by Crippen LogP contribution is -2.53. The second-order valence-electron chi connectivity index (χ2n) is 6.80. The van der Waals surface area contributed by atoms with Crippen molar-refractivity contribution in [1.29, 1.82) is 0 Å². The van der Waals surface area contributed by atoms with Crippen LogP contribution < -0.4 is 10.4 Å². The minimum absolute atomic E-state index is 0.0164. The Bertz CT molecular complexity index is 1210. The third-order valence-corrected chi connectivity index (χ3v) is 4.79. The second-order valence-corrected chi connectivity index (χ2v) is 6.80. The summed E-state index contributed by atoms with van der Waals surface area (Å²) in [6, 6.07) is 15.2. The van der Waals surface area contributed by atoms with Gasteiger partial charge in [0.2, 0.25) is 0 Å². The first-order valence-corrected chi connectivity index (χ1v) is 9.14. The molecule has 0 saturated carbocycles. The lowest BCUT2D eigenvalue weighted by atomic mass is 10.1. The summed E-state index contributed by atoms with van der Waals surface area (Å²) in [7, 11) is 0. The highest BCUT2D eigenvalue weighted by Gasteiger charge is 2.35. The van der Waals surface area contributed by atoms with Gasteiger partial charge in [-0.1, -0.05) is 48.5 Å². The highest BCUT2D eigenvalue weighted by molar-refractivity contribution is 6.31. The zero-order valence-electron chi connectivity index (χ0n) is 15.7. The molecule has 4 amide bonds. The molecule has 1 aliphatic heterocycles. The molecule has 3 aromatic rings. The molecule has 1 aromatic heterocycles. The highest BCUT2D eigenvalue weighted by Crippen LogP contribution is 2.25. The number of para-hydroxylation sites is 1. The number of hydrogen-bond donors (Lipinski definition) is 1. The van der Waals surface area contributed by atoms with Crippen molar-refractivity contribution in [2.75, 3.05) is 0 Å². The fraction of sp³-hybridized carbons (Fsp3) is 0.0909. The van der Waals surface area contributed by atoms with Gasteiger partial charge in [-0.2, -0.15) is 0 Å². The molecule has 1 fully saturated rings. The highest BCUT2D eigenvalue weighted by atomic mass is 16.4. The van der Waals surface area contributed by atoms with Crippen LogP contribution in [0.25, 0.3) is 17.0 Å². The molecule has 1 aliphatic rings. The molecule has 0 unspecified atom stereocenters. The molecule has 2 heterocycles. The quantitative estimate of drug-likeness (QED) is 0.507. The molecule has 0 bridgehead atoms. The van der Waals surface area contributed by atoms with Gasteiger partial charge in [0.25, 0.3) is 11.8 Å². The maximum atomic E-state index is 12.9. The van der Waals surface area contributed by atoms with Gasteiger partial charge >= 0.3 is 6.03 Å². The molecule has 1 saturated heterocycles. The van der Waals surface area contributed by atoms with E-state index in [2.05, 4.69) is 5.32 Å². The van der Waals surface area contributed by atoms with Crippen LogP contribution in [0.15, 0.2) is 66.4 Å². The van der Waals surface area contributed by atoms with Crippen LogP contribution >= 0.6 is 0 Å². The largest absolute Gasteiger partial charge is 0.548 e. The third-order valence-electron chi connectivity index (χ3n) is 4.79. The lowest BCUT2D eigenvalue weighted by molar-refractivity contribution is -0.306. The number of benzene rings is 2. The summed E-state index contributed by atoms with van der Waals surface area (Å²) in [5.74, 6) is -2.78. The van der Waals surface area contributed by atoms with Crippen LogP contribution in [0.5, 0.6) is 0 Å². The van der Waals surface area contributed by atoms with E-state index in [9.17, 15) is 24.3 Å². The number of aromatic nitrogens is 1. The van der Waals surface area contributed by atoms with Crippen LogP contribution in [0.4, 0.5) is 4.79 Å². The molecule has 30 heavy (non-hydrogen) atoms. The van der Waals surface area contributed by atoms with Gasteiger partial charge in [0.05, 0.1) is 19.1 Å². The van der Waals surface area contributed by atoms with Crippen molar-refractivity contribution in [1.82, 2.24) is 14.8 Å². The summed E-state index contributed by atoms with van der Waals surface area (Å²) in [5, 5.41) is 13.9. The standard InChI is InChI=1S/C22H17N3O5/c26-19(27)13-24-12-15(16-8-4-5-9-18(16)24)10-17-20(28)23-22(30)25(21(17)29)11-14-6-2-1-3-7-14/h1-10,12H,11,13H2,(H,26,27)(H,23,28,30)/p-1/b17-10+. The summed E-state index contributed by atoms with van der Waals surface area (Å²) in [6.07, 6.45) is 2.90. The Morgan fingerprint density at radius 2 is 1.70 bits per heavy atom. The van der Waals surface area contributed by atoms with E-state index in [1.54, 1.807) is 48.5 Å². The Labute approximate surface area is 171 Å². The Morgan fingerprint density at radius 3 is 2.43 bits per heavy atom. The number of carbonyl (C=O) groups excluding carboxylic acids is 4. The number of imide groups is 2. The van der Waals surface area contributed by atoms with Gasteiger partial charge in [-0.25, -0.2) is 4.79 Å². The van der Waals surface area contributed by atoms with Crippen molar-refractivity contribution in [3.05, 3.63) is 77.5 Å². The molecule has 0 aliphatic carbocycles. The van der Waals surface area contributed by atoms with Crippen molar-refractivity contribution in [3.63, 3.8) is 0 Å². The number of aliphatic carboxylic acids is 1. The van der Waals surface area contributed by atoms with E-state index in [0.29, 0.717) is 16.5 Å². The summed E-state index contributed by atoms with van der Waals surface area (Å²) in [6.45, 7) is -0.356. The number of carboxylic acid groups (broad SMARTS) is 1. The minimum Gasteiger partial charge on any atom is -0.548 e. The summed E-state index contributed by atoms with van der Waals surface area (Å²) in [5.41, 5.74) is 1.64. The van der Waals surface area contributed by atoms with Crippen LogP contribution in [-0.4, -0.2) is 33.3 Å². The Kier molecular flexibility index (Phi) is 4.89. The molecule has 1 N–H and O–H groups in total. The van der Waals surface area contributed by atoms with Gasteiger partial charge in [0, 0.05) is 22.7 Å². The van der Waals surface area contributed by atoms with E-state index >= 15 is 0 Å². The van der Waals surface area contributed by atoms with Gasteiger partial charge < -0.3 is 14.5 Å². The first-order valence-electron chi connectivity index (χ1n) is 9.14. The lowest BCUT2D eigenvalue weighted by Gasteiger charge is -2.26. The molecule has 150 valence electrons. The number of nitrogens with one attached hydrogen (secondary N) is 1. The number of rotatable bonds is 5. The van der Waals surface area contributed by atoms with Crippen molar-refractivity contribution in [2.24, 2.45) is 0 Å². The molecule has 0 atom stereocenters. The second kappa shape index (κ2) is 7.67. The van der Waals surface area contributed by atoms with Crippen LogP contribution in [0.2, 0.25) is 0 Å². The molecule has 4 rings (SSSR count). The van der Waals surface area contributed by atoms with Gasteiger partial charge in [0.1, 0.15) is 5.57 Å². The average molecular weight is 402 g/mol. The number of carbonyl (C=O) groups is 4. The molecular weight excluding hydrogens is 386 g/mol. The van der Waals surface area contributed by atoms with Crippen molar-refractivity contribution in [2.45, 2.75) is 13.1 Å². The van der Waals surface area contributed by atoms with Gasteiger partial charge in [-0.05, 0) is 17.7 Å². The maximum absolute atomic E-state index is 12.9. The zero-order chi connectivity index (χ0) is 21.3. The summed E-state index contributed by atoms with van der Waals surface area (Å²) in [4.78, 5) is 49.6.